The molecular weight excluding hydrogens is 345 g/mol. The quantitative estimate of drug-likeness (QED) is 0.418. The lowest BCUT2D eigenvalue weighted by Crippen LogP contribution is -2.00. The first-order valence-electron chi connectivity index (χ1n) is 6.18. The Morgan fingerprint density at radius 2 is 1.41 bits per heavy atom. The van der Waals surface area contributed by atoms with E-state index in [1.54, 1.807) is 48.5 Å². The van der Waals surface area contributed by atoms with E-state index in [9.17, 15) is 4.79 Å². The monoisotopic (exact) mass is 353 g/mol. The van der Waals surface area contributed by atoms with Crippen LogP contribution in [0.3, 0.4) is 0 Å². The number of halogens is 3. The van der Waals surface area contributed by atoms with Crippen LogP contribution in [0.25, 0.3) is 5.03 Å². The molecule has 0 N–H and O–H groups in total. The first kappa shape index (κ1) is 16.6. The lowest BCUT2D eigenvalue weighted by atomic mass is 10.2. The molecule has 0 heterocycles. The van der Waals surface area contributed by atoms with Gasteiger partial charge in [0.1, 0.15) is 0 Å². The van der Waals surface area contributed by atoms with Crippen molar-refractivity contribution in [2.45, 2.75) is 0 Å². The summed E-state index contributed by atoms with van der Waals surface area (Å²) in [4.78, 5) is 16.4. The van der Waals surface area contributed by atoms with Crippen molar-refractivity contribution in [2.24, 2.45) is 5.16 Å². The largest absolute Gasteiger partial charge is 0.365 e. The third kappa shape index (κ3) is 4.88. The topological polar surface area (TPSA) is 38.7 Å². The molecule has 0 aliphatic rings. The van der Waals surface area contributed by atoms with Gasteiger partial charge < -0.3 is 4.84 Å². The summed E-state index contributed by atoms with van der Waals surface area (Å²) in [5, 5.41) is 5.17. The van der Waals surface area contributed by atoms with Crippen molar-refractivity contribution in [2.75, 3.05) is 0 Å². The highest BCUT2D eigenvalue weighted by molar-refractivity contribution is 6.49. The molecular formula is C16H10Cl3NO2. The Hall–Kier alpha value is -1.81. The summed E-state index contributed by atoms with van der Waals surface area (Å²) < 4.78 is 0. The first-order valence-corrected chi connectivity index (χ1v) is 7.31. The molecule has 22 heavy (non-hydrogen) atoms. The van der Waals surface area contributed by atoms with E-state index >= 15 is 0 Å². The molecule has 0 saturated carbocycles. The van der Waals surface area contributed by atoms with Gasteiger partial charge in [0.2, 0.25) is 0 Å². The fourth-order valence-electron chi connectivity index (χ4n) is 1.52. The van der Waals surface area contributed by atoms with E-state index in [0.717, 1.165) is 5.56 Å². The predicted octanol–water partition coefficient (Wildman–Crippen LogP) is 5.42. The molecule has 0 saturated heterocycles. The maximum absolute atomic E-state index is 11.7. The average Bonchev–Trinajstić information content (AvgIpc) is 2.52. The molecule has 0 radical (unpaired) electrons. The number of hydrogen-bond acceptors (Lipinski definition) is 3. The Kier molecular flexibility index (Phi) is 6.01. The van der Waals surface area contributed by atoms with E-state index in [-0.39, 0.29) is 0 Å². The fraction of sp³-hybridized carbons (Fsp3) is 0. The molecule has 2 aromatic rings. The highest BCUT2D eigenvalue weighted by atomic mass is 35.5. The van der Waals surface area contributed by atoms with Gasteiger partial charge in [-0.05, 0) is 48.0 Å². The zero-order chi connectivity index (χ0) is 15.9. The highest BCUT2D eigenvalue weighted by Crippen LogP contribution is 2.20. The molecule has 0 aliphatic carbocycles. The Bertz CT molecular complexity index is 707. The van der Waals surface area contributed by atoms with Gasteiger partial charge in [-0.25, -0.2) is 4.79 Å². The lowest BCUT2D eigenvalue weighted by molar-refractivity contribution is 0.0519. The van der Waals surface area contributed by atoms with Crippen molar-refractivity contribution >= 4 is 52.0 Å². The van der Waals surface area contributed by atoms with Crippen LogP contribution in [0.5, 0.6) is 0 Å². The minimum atomic E-state index is -0.580. The van der Waals surface area contributed by atoms with Crippen LogP contribution in [0.4, 0.5) is 0 Å². The van der Waals surface area contributed by atoms with E-state index in [2.05, 4.69) is 5.16 Å². The molecule has 0 fully saturated rings. The molecule has 0 bridgehead atoms. The van der Waals surface area contributed by atoms with Gasteiger partial charge in [-0.1, -0.05) is 52.1 Å². The van der Waals surface area contributed by atoms with Gasteiger partial charge in [0.15, 0.2) is 0 Å². The summed E-state index contributed by atoms with van der Waals surface area (Å²) in [5.41, 5.74) is 1.14. The number of carbonyl (C=O) groups is 1. The van der Waals surface area contributed by atoms with Crippen LogP contribution in [-0.2, 0) is 4.84 Å². The van der Waals surface area contributed by atoms with Crippen molar-refractivity contribution < 1.29 is 9.63 Å². The number of rotatable bonds is 4. The minimum absolute atomic E-state index is 0.356. The van der Waals surface area contributed by atoms with E-state index in [1.165, 1.54) is 12.3 Å². The van der Waals surface area contributed by atoms with E-state index in [0.29, 0.717) is 20.6 Å². The van der Waals surface area contributed by atoms with Gasteiger partial charge in [-0.3, -0.25) is 0 Å². The van der Waals surface area contributed by atoms with E-state index in [1.807, 2.05) is 0 Å². The summed E-state index contributed by atoms with van der Waals surface area (Å²) in [6.45, 7) is 0. The van der Waals surface area contributed by atoms with Gasteiger partial charge in [-0.2, -0.15) is 0 Å². The molecule has 0 aliphatic heterocycles. The SMILES string of the molecule is O=C(O/N=C/C=C(\Cl)c1ccc(Cl)cc1)c1ccc(Cl)cc1. The van der Waals surface area contributed by atoms with Crippen LogP contribution in [0.1, 0.15) is 15.9 Å². The molecule has 0 spiro atoms. The second-order valence-electron chi connectivity index (χ2n) is 4.16. The summed E-state index contributed by atoms with van der Waals surface area (Å²) >= 11 is 17.6. The van der Waals surface area contributed by atoms with E-state index < -0.39 is 5.97 Å². The third-order valence-corrected chi connectivity index (χ3v) is 3.47. The smallest absolute Gasteiger partial charge is 0.313 e. The molecule has 6 heteroatoms. The van der Waals surface area contributed by atoms with Crippen molar-refractivity contribution in [3.63, 3.8) is 0 Å². The molecule has 2 rings (SSSR count). The number of hydrogen-bond donors (Lipinski definition) is 0. The molecule has 112 valence electrons. The summed E-state index contributed by atoms with van der Waals surface area (Å²) in [6, 6.07) is 13.3. The van der Waals surface area contributed by atoms with Crippen LogP contribution in [0.15, 0.2) is 59.8 Å². The third-order valence-electron chi connectivity index (χ3n) is 2.62. The maximum atomic E-state index is 11.7. The number of nitrogens with zero attached hydrogens (tertiary/aromatic N) is 1. The van der Waals surface area contributed by atoms with Gasteiger partial charge in [-0.15, -0.1) is 0 Å². The molecule has 0 aromatic heterocycles. The second kappa shape index (κ2) is 7.99. The first-order chi connectivity index (χ1) is 10.6. The Labute approximate surface area is 142 Å². The molecule has 0 unspecified atom stereocenters. The number of benzene rings is 2. The van der Waals surface area contributed by atoms with Crippen LogP contribution >= 0.6 is 34.8 Å². The molecule has 3 nitrogen and oxygen atoms in total. The predicted molar refractivity (Wildman–Crippen MR) is 90.6 cm³/mol. The zero-order valence-electron chi connectivity index (χ0n) is 11.2. The fourth-order valence-corrected chi connectivity index (χ4v) is 1.95. The minimum Gasteiger partial charge on any atom is -0.313 e. The lowest BCUT2D eigenvalue weighted by Gasteiger charge is -1.98. The Balaban J connectivity index is 1.94. The normalized spacial score (nSPS) is 11.7. The molecule has 0 amide bonds. The van der Waals surface area contributed by atoms with Crippen LogP contribution in [-0.4, -0.2) is 12.2 Å². The van der Waals surface area contributed by atoms with Crippen molar-refractivity contribution in [1.82, 2.24) is 0 Å². The van der Waals surface area contributed by atoms with Crippen molar-refractivity contribution in [3.05, 3.63) is 75.8 Å². The maximum Gasteiger partial charge on any atom is 0.365 e. The number of oxime groups is 1. The standard InChI is InChI=1S/C16H10Cl3NO2/c17-13-5-1-11(2-6-13)15(19)9-10-20-22-16(21)12-3-7-14(18)8-4-12/h1-10H/b15-9-,20-10+. The van der Waals surface area contributed by atoms with Crippen LogP contribution in [0, 0.1) is 0 Å². The van der Waals surface area contributed by atoms with E-state index in [4.69, 9.17) is 39.6 Å². The van der Waals surface area contributed by atoms with Crippen LogP contribution < -0.4 is 0 Å². The summed E-state index contributed by atoms with van der Waals surface area (Å²) in [5.74, 6) is -0.580. The van der Waals surface area contributed by atoms with Crippen molar-refractivity contribution in [1.29, 1.82) is 0 Å². The van der Waals surface area contributed by atoms with Gasteiger partial charge >= 0.3 is 5.97 Å². The average molecular weight is 355 g/mol. The van der Waals surface area contributed by atoms with Gasteiger partial charge in [0.05, 0.1) is 11.8 Å². The summed E-state index contributed by atoms with van der Waals surface area (Å²) in [7, 11) is 0. The number of allylic oxidation sites excluding steroid dienone is 1. The molecule has 2 aromatic carbocycles. The number of carbonyl (C=O) groups excluding carboxylic acids is 1. The second-order valence-corrected chi connectivity index (χ2v) is 5.44. The van der Waals surface area contributed by atoms with Gasteiger partial charge in [0.25, 0.3) is 0 Å². The summed E-state index contributed by atoms with van der Waals surface area (Å²) in [6.07, 6.45) is 2.81. The Morgan fingerprint density at radius 3 is 1.95 bits per heavy atom. The van der Waals surface area contributed by atoms with Crippen molar-refractivity contribution in [3.8, 4) is 0 Å². The van der Waals surface area contributed by atoms with Crippen LogP contribution in [0.2, 0.25) is 10.0 Å². The molecule has 0 atom stereocenters. The van der Waals surface area contributed by atoms with Gasteiger partial charge in [0, 0.05) is 15.1 Å². The Morgan fingerprint density at radius 1 is 0.909 bits per heavy atom. The highest BCUT2D eigenvalue weighted by Gasteiger charge is 2.05. The zero-order valence-corrected chi connectivity index (χ0v) is 13.4.